The van der Waals surface area contributed by atoms with Gasteiger partial charge in [-0.3, -0.25) is 0 Å². The van der Waals surface area contributed by atoms with Crippen LogP contribution in [0, 0.1) is 5.92 Å². The molecular formula is C11H16S. The number of hydrogen-bond donors (Lipinski definition) is 0. The van der Waals surface area contributed by atoms with Gasteiger partial charge in [0.2, 0.25) is 0 Å². The zero-order chi connectivity index (χ0) is 8.81. The number of rotatable bonds is 4. The van der Waals surface area contributed by atoms with Gasteiger partial charge in [0, 0.05) is 5.75 Å². The first-order chi connectivity index (χ1) is 5.79. The maximum atomic E-state index is 2.26. The molecule has 1 aromatic rings. The molecule has 0 saturated heterocycles. The topological polar surface area (TPSA) is 0 Å². The molecule has 0 N–H and O–H groups in total. The Morgan fingerprint density at radius 2 is 1.83 bits per heavy atom. The van der Waals surface area contributed by atoms with Gasteiger partial charge in [-0.2, -0.15) is 11.8 Å². The van der Waals surface area contributed by atoms with Crippen LogP contribution in [0.4, 0.5) is 0 Å². The van der Waals surface area contributed by atoms with Gasteiger partial charge in [0.25, 0.3) is 0 Å². The first-order valence-electron chi connectivity index (χ1n) is 4.40. The van der Waals surface area contributed by atoms with Gasteiger partial charge in [0.1, 0.15) is 0 Å². The fraction of sp³-hybridized carbons (Fsp3) is 0.455. The van der Waals surface area contributed by atoms with Crippen molar-refractivity contribution in [3.63, 3.8) is 0 Å². The predicted octanol–water partition coefficient (Wildman–Crippen LogP) is 3.58. The van der Waals surface area contributed by atoms with E-state index in [-0.39, 0.29) is 0 Å². The van der Waals surface area contributed by atoms with Crippen molar-refractivity contribution in [3.8, 4) is 0 Å². The maximum Gasteiger partial charge on any atom is 0.0184 e. The molecule has 0 aliphatic rings. The van der Waals surface area contributed by atoms with Crippen LogP contribution in [0.3, 0.4) is 0 Å². The Hall–Kier alpha value is -0.430. The summed E-state index contributed by atoms with van der Waals surface area (Å²) in [6.07, 6.45) is 0. The summed E-state index contributed by atoms with van der Waals surface area (Å²) in [6.45, 7) is 4.52. The average Bonchev–Trinajstić information content (AvgIpc) is 2.05. The molecule has 0 radical (unpaired) electrons. The smallest absolute Gasteiger partial charge is 0.0184 e. The summed E-state index contributed by atoms with van der Waals surface area (Å²) < 4.78 is 0. The molecule has 0 aliphatic carbocycles. The summed E-state index contributed by atoms with van der Waals surface area (Å²) >= 11 is 2.01. The van der Waals surface area contributed by atoms with Crippen molar-refractivity contribution < 1.29 is 0 Å². The fourth-order valence-electron chi connectivity index (χ4n) is 0.987. The van der Waals surface area contributed by atoms with E-state index in [1.165, 1.54) is 11.3 Å². The second kappa shape index (κ2) is 5.26. The first-order valence-corrected chi connectivity index (χ1v) is 5.56. The molecule has 1 rings (SSSR count). The van der Waals surface area contributed by atoms with Gasteiger partial charge >= 0.3 is 0 Å². The monoisotopic (exact) mass is 180 g/mol. The molecule has 12 heavy (non-hydrogen) atoms. The Labute approximate surface area is 79.4 Å². The summed E-state index contributed by atoms with van der Waals surface area (Å²) in [4.78, 5) is 0. The number of benzene rings is 1. The minimum absolute atomic E-state index is 0.804. The molecule has 0 heterocycles. The Bertz CT molecular complexity index is 204. The largest absolute Gasteiger partial charge is 0.157 e. The van der Waals surface area contributed by atoms with E-state index in [2.05, 4.69) is 44.2 Å². The molecule has 0 aliphatic heterocycles. The molecule has 0 bridgehead atoms. The molecule has 0 aromatic heterocycles. The van der Waals surface area contributed by atoms with E-state index in [0.717, 1.165) is 11.7 Å². The van der Waals surface area contributed by atoms with Gasteiger partial charge in [-0.25, -0.2) is 0 Å². The van der Waals surface area contributed by atoms with Crippen LogP contribution in [0.2, 0.25) is 0 Å². The summed E-state index contributed by atoms with van der Waals surface area (Å²) in [5.41, 5.74) is 1.43. The molecule has 0 saturated carbocycles. The minimum atomic E-state index is 0.804. The third-order valence-corrected chi connectivity index (χ3v) is 3.00. The van der Waals surface area contributed by atoms with Gasteiger partial charge in [0.15, 0.2) is 0 Å². The van der Waals surface area contributed by atoms with E-state index in [0.29, 0.717) is 0 Å². The van der Waals surface area contributed by atoms with Gasteiger partial charge in [-0.05, 0) is 17.2 Å². The quantitative estimate of drug-likeness (QED) is 0.682. The standard InChI is InChI=1S/C11H16S/c1-10(2)8-12-9-11-6-4-3-5-7-11/h3-7,10H,8-9H2,1-2H3. The van der Waals surface area contributed by atoms with E-state index in [4.69, 9.17) is 0 Å². The first kappa shape index (κ1) is 9.66. The normalized spacial score (nSPS) is 10.6. The molecule has 66 valence electrons. The van der Waals surface area contributed by atoms with Crippen molar-refractivity contribution in [2.75, 3.05) is 5.75 Å². The molecule has 0 unspecified atom stereocenters. The van der Waals surface area contributed by atoms with Gasteiger partial charge < -0.3 is 0 Å². The highest BCUT2D eigenvalue weighted by atomic mass is 32.2. The molecule has 0 fully saturated rings. The van der Waals surface area contributed by atoms with Crippen molar-refractivity contribution >= 4 is 11.8 Å². The third-order valence-electron chi connectivity index (χ3n) is 1.56. The second-order valence-electron chi connectivity index (χ2n) is 3.39. The van der Waals surface area contributed by atoms with Crippen molar-refractivity contribution in [1.82, 2.24) is 0 Å². The molecule has 0 spiro atoms. The van der Waals surface area contributed by atoms with Crippen LogP contribution in [0.15, 0.2) is 30.3 Å². The lowest BCUT2D eigenvalue weighted by atomic mass is 10.2. The van der Waals surface area contributed by atoms with Gasteiger partial charge in [-0.15, -0.1) is 0 Å². The third kappa shape index (κ3) is 3.82. The van der Waals surface area contributed by atoms with Gasteiger partial charge in [-0.1, -0.05) is 44.2 Å². The zero-order valence-corrected chi connectivity index (χ0v) is 8.60. The Balaban J connectivity index is 2.25. The maximum absolute atomic E-state index is 2.26. The molecule has 0 nitrogen and oxygen atoms in total. The summed E-state index contributed by atoms with van der Waals surface area (Å²) in [7, 11) is 0. The Morgan fingerprint density at radius 1 is 1.17 bits per heavy atom. The Morgan fingerprint density at radius 3 is 2.42 bits per heavy atom. The van der Waals surface area contributed by atoms with Crippen LogP contribution in [-0.4, -0.2) is 5.75 Å². The van der Waals surface area contributed by atoms with Crippen LogP contribution in [-0.2, 0) is 5.75 Å². The predicted molar refractivity (Wildman–Crippen MR) is 57.4 cm³/mol. The molecule has 1 heteroatoms. The van der Waals surface area contributed by atoms with Crippen LogP contribution in [0.1, 0.15) is 19.4 Å². The van der Waals surface area contributed by atoms with Crippen LogP contribution >= 0.6 is 11.8 Å². The van der Waals surface area contributed by atoms with E-state index in [1.807, 2.05) is 11.8 Å². The second-order valence-corrected chi connectivity index (χ2v) is 4.42. The summed E-state index contributed by atoms with van der Waals surface area (Å²) in [5.74, 6) is 3.21. The fourth-order valence-corrected chi connectivity index (χ4v) is 2.00. The molecular weight excluding hydrogens is 164 g/mol. The average molecular weight is 180 g/mol. The minimum Gasteiger partial charge on any atom is -0.157 e. The van der Waals surface area contributed by atoms with E-state index in [1.54, 1.807) is 0 Å². The van der Waals surface area contributed by atoms with Crippen molar-refractivity contribution in [1.29, 1.82) is 0 Å². The summed E-state index contributed by atoms with van der Waals surface area (Å²) in [5, 5.41) is 0. The molecule has 0 amide bonds. The lowest BCUT2D eigenvalue weighted by molar-refractivity contribution is 0.750. The van der Waals surface area contributed by atoms with E-state index >= 15 is 0 Å². The van der Waals surface area contributed by atoms with E-state index < -0.39 is 0 Å². The lowest BCUT2D eigenvalue weighted by Gasteiger charge is -2.03. The van der Waals surface area contributed by atoms with Crippen molar-refractivity contribution in [2.45, 2.75) is 19.6 Å². The van der Waals surface area contributed by atoms with E-state index in [9.17, 15) is 0 Å². The van der Waals surface area contributed by atoms with Crippen LogP contribution in [0.5, 0.6) is 0 Å². The number of thioether (sulfide) groups is 1. The molecule has 0 atom stereocenters. The summed E-state index contributed by atoms with van der Waals surface area (Å²) in [6, 6.07) is 10.6. The lowest BCUT2D eigenvalue weighted by Crippen LogP contribution is -1.91. The number of hydrogen-bond acceptors (Lipinski definition) is 1. The Kier molecular flexibility index (Phi) is 4.23. The SMILES string of the molecule is CC(C)CSCc1ccccc1. The molecule has 1 aromatic carbocycles. The highest BCUT2D eigenvalue weighted by Crippen LogP contribution is 2.14. The highest BCUT2D eigenvalue weighted by Gasteiger charge is 1.94. The van der Waals surface area contributed by atoms with Crippen LogP contribution in [0.25, 0.3) is 0 Å². The van der Waals surface area contributed by atoms with Gasteiger partial charge in [0.05, 0.1) is 0 Å². The zero-order valence-electron chi connectivity index (χ0n) is 7.79. The van der Waals surface area contributed by atoms with Crippen LogP contribution < -0.4 is 0 Å². The van der Waals surface area contributed by atoms with Crippen molar-refractivity contribution in [3.05, 3.63) is 35.9 Å². The highest BCUT2D eigenvalue weighted by molar-refractivity contribution is 7.98. The van der Waals surface area contributed by atoms with Crippen molar-refractivity contribution in [2.24, 2.45) is 5.92 Å².